The van der Waals surface area contributed by atoms with Crippen LogP contribution in [0, 0.1) is 24.4 Å². The summed E-state index contributed by atoms with van der Waals surface area (Å²) in [6, 6.07) is 1.39. The molecule has 1 aromatic carbocycles. The summed E-state index contributed by atoms with van der Waals surface area (Å²) in [6.07, 6.45) is 1.45. The number of aryl methyl sites for hydroxylation is 1. The largest absolute Gasteiger partial charge is 0.462 e. The molecular weight excluding hydrogens is 329 g/mol. The molecule has 4 nitrogen and oxygen atoms in total. The van der Waals surface area contributed by atoms with Gasteiger partial charge in [0.05, 0.1) is 18.5 Å². The number of hydrogen-bond donors (Lipinski definition) is 0. The van der Waals surface area contributed by atoms with E-state index in [-0.39, 0.29) is 22.6 Å². The maximum Gasteiger partial charge on any atom is 0.349 e. The summed E-state index contributed by atoms with van der Waals surface area (Å²) in [4.78, 5) is 12.5. The first-order valence-corrected chi connectivity index (χ1v) is 7.54. The van der Waals surface area contributed by atoms with Gasteiger partial charge in [-0.25, -0.2) is 22.5 Å². The molecule has 0 bridgehead atoms. The van der Waals surface area contributed by atoms with Crippen LogP contribution in [-0.2, 0) is 4.74 Å². The Morgan fingerprint density at radius 2 is 2.09 bits per heavy atom. The molecule has 0 saturated heterocycles. The molecule has 0 N–H and O–H groups in total. The highest BCUT2D eigenvalue weighted by Crippen LogP contribution is 2.35. The maximum atomic E-state index is 14.1. The van der Waals surface area contributed by atoms with E-state index in [1.54, 1.807) is 13.8 Å². The molecule has 8 heteroatoms. The summed E-state index contributed by atoms with van der Waals surface area (Å²) < 4.78 is 47.3. The van der Waals surface area contributed by atoms with Gasteiger partial charge in [-0.15, -0.1) is 11.3 Å². The van der Waals surface area contributed by atoms with E-state index in [9.17, 15) is 18.0 Å². The van der Waals surface area contributed by atoms with Gasteiger partial charge in [0.2, 0.25) is 0 Å². The van der Waals surface area contributed by atoms with E-state index in [4.69, 9.17) is 4.74 Å². The van der Waals surface area contributed by atoms with Crippen LogP contribution in [0.3, 0.4) is 0 Å². The lowest BCUT2D eigenvalue weighted by molar-refractivity contribution is 0.0531. The van der Waals surface area contributed by atoms with Crippen LogP contribution in [-0.4, -0.2) is 22.2 Å². The summed E-state index contributed by atoms with van der Waals surface area (Å²) in [5.41, 5.74) is 0.421. The lowest BCUT2D eigenvalue weighted by atomic mass is 10.1. The van der Waals surface area contributed by atoms with Crippen molar-refractivity contribution in [1.82, 2.24) is 9.61 Å². The van der Waals surface area contributed by atoms with Crippen LogP contribution in [0.5, 0.6) is 0 Å². The van der Waals surface area contributed by atoms with E-state index in [2.05, 4.69) is 5.10 Å². The van der Waals surface area contributed by atoms with Crippen molar-refractivity contribution in [2.75, 3.05) is 6.61 Å². The zero-order valence-corrected chi connectivity index (χ0v) is 13.0. The molecule has 3 aromatic rings. The third-order valence-electron chi connectivity index (χ3n) is 3.23. The Morgan fingerprint density at radius 3 is 2.78 bits per heavy atom. The van der Waals surface area contributed by atoms with Crippen LogP contribution in [0.15, 0.2) is 18.3 Å². The van der Waals surface area contributed by atoms with Crippen LogP contribution < -0.4 is 0 Å². The second-order valence-electron chi connectivity index (χ2n) is 4.78. The standard InChI is InChI=1S/C15H11F3N2O2S/c1-3-22-15(21)11-6-20-14(23-11)12(7(2)19-20)9-4-8(16)5-10(17)13(9)18/h4-6H,3H2,1-2H3. The van der Waals surface area contributed by atoms with E-state index in [0.717, 1.165) is 17.4 Å². The van der Waals surface area contributed by atoms with Crippen molar-refractivity contribution >= 4 is 22.1 Å². The number of rotatable bonds is 3. The second-order valence-corrected chi connectivity index (χ2v) is 5.81. The molecule has 2 aromatic heterocycles. The van der Waals surface area contributed by atoms with Crippen LogP contribution in [0.4, 0.5) is 13.2 Å². The van der Waals surface area contributed by atoms with Crippen molar-refractivity contribution < 1.29 is 22.7 Å². The minimum atomic E-state index is -1.28. The number of halogens is 3. The van der Waals surface area contributed by atoms with Crippen molar-refractivity contribution in [3.63, 3.8) is 0 Å². The van der Waals surface area contributed by atoms with Crippen LogP contribution >= 0.6 is 11.3 Å². The number of hydrogen-bond acceptors (Lipinski definition) is 4. The van der Waals surface area contributed by atoms with Crippen molar-refractivity contribution in [2.45, 2.75) is 13.8 Å². The molecule has 0 aliphatic rings. The Morgan fingerprint density at radius 1 is 1.35 bits per heavy atom. The number of fused-ring (bicyclic) bond motifs is 1. The van der Waals surface area contributed by atoms with Crippen LogP contribution in [0.1, 0.15) is 22.3 Å². The van der Waals surface area contributed by atoms with Gasteiger partial charge in [-0.05, 0) is 19.9 Å². The van der Waals surface area contributed by atoms with E-state index in [1.807, 2.05) is 0 Å². The average Bonchev–Trinajstić information content (AvgIpc) is 3.00. The maximum absolute atomic E-state index is 14.1. The van der Waals surface area contributed by atoms with Crippen molar-refractivity contribution in [3.8, 4) is 11.1 Å². The van der Waals surface area contributed by atoms with Gasteiger partial charge in [0.15, 0.2) is 11.6 Å². The first-order valence-electron chi connectivity index (χ1n) is 6.73. The Bertz CT molecular complexity index is 917. The molecular formula is C15H11F3N2O2S. The van der Waals surface area contributed by atoms with Crippen molar-refractivity contribution in [1.29, 1.82) is 0 Å². The van der Waals surface area contributed by atoms with E-state index in [1.165, 1.54) is 10.7 Å². The van der Waals surface area contributed by atoms with Gasteiger partial charge in [0, 0.05) is 17.2 Å². The van der Waals surface area contributed by atoms with E-state index >= 15 is 0 Å². The zero-order chi connectivity index (χ0) is 16.7. The van der Waals surface area contributed by atoms with E-state index in [0.29, 0.717) is 16.6 Å². The van der Waals surface area contributed by atoms with Gasteiger partial charge in [0.1, 0.15) is 15.5 Å². The zero-order valence-electron chi connectivity index (χ0n) is 12.2. The molecule has 0 saturated carbocycles. The van der Waals surface area contributed by atoms with Gasteiger partial charge in [-0.3, -0.25) is 0 Å². The first kappa shape index (κ1) is 15.5. The molecule has 0 aliphatic carbocycles. The van der Waals surface area contributed by atoms with Gasteiger partial charge in [-0.2, -0.15) is 5.10 Å². The Balaban J connectivity index is 2.21. The second kappa shape index (κ2) is 5.69. The third-order valence-corrected chi connectivity index (χ3v) is 4.30. The molecule has 120 valence electrons. The summed E-state index contributed by atoms with van der Waals surface area (Å²) in [5, 5.41) is 4.16. The minimum Gasteiger partial charge on any atom is -0.462 e. The number of aromatic nitrogens is 2. The molecule has 0 fully saturated rings. The first-order chi connectivity index (χ1) is 10.9. The number of esters is 1. The van der Waals surface area contributed by atoms with Gasteiger partial charge in [-0.1, -0.05) is 0 Å². The van der Waals surface area contributed by atoms with Crippen LogP contribution in [0.2, 0.25) is 0 Å². The highest BCUT2D eigenvalue weighted by molar-refractivity contribution is 7.19. The van der Waals surface area contributed by atoms with Gasteiger partial charge >= 0.3 is 5.97 Å². The summed E-state index contributed by atoms with van der Waals surface area (Å²) >= 11 is 1.02. The fourth-order valence-electron chi connectivity index (χ4n) is 2.30. The molecule has 23 heavy (non-hydrogen) atoms. The lowest BCUT2D eigenvalue weighted by Gasteiger charge is -2.03. The van der Waals surface area contributed by atoms with Crippen molar-refractivity contribution in [3.05, 3.63) is 46.4 Å². The number of benzene rings is 1. The number of carbonyl (C=O) groups is 1. The minimum absolute atomic E-state index is 0.217. The topological polar surface area (TPSA) is 43.6 Å². The molecule has 0 spiro atoms. The lowest BCUT2D eigenvalue weighted by Crippen LogP contribution is -2.02. The predicted octanol–water partition coefficient (Wildman–Crippen LogP) is 3.97. The molecule has 3 rings (SSSR count). The molecule has 0 amide bonds. The highest BCUT2D eigenvalue weighted by atomic mass is 32.1. The number of thiazole rings is 1. The fourth-order valence-corrected chi connectivity index (χ4v) is 3.35. The summed E-state index contributed by atoms with van der Waals surface area (Å²) in [7, 11) is 0. The fraction of sp³-hybridized carbons (Fsp3) is 0.200. The molecule has 0 aliphatic heterocycles. The highest BCUT2D eigenvalue weighted by Gasteiger charge is 2.22. The normalized spacial score (nSPS) is 11.2. The van der Waals surface area contributed by atoms with E-state index < -0.39 is 23.4 Å². The Kier molecular flexibility index (Phi) is 3.85. The molecule has 2 heterocycles. The molecule has 0 unspecified atom stereocenters. The Hall–Kier alpha value is -2.35. The number of ether oxygens (including phenoxy) is 1. The van der Waals surface area contributed by atoms with Crippen molar-refractivity contribution in [2.24, 2.45) is 0 Å². The van der Waals surface area contributed by atoms with Gasteiger partial charge < -0.3 is 4.74 Å². The number of nitrogens with zero attached hydrogens (tertiary/aromatic N) is 2. The average molecular weight is 340 g/mol. The summed E-state index contributed by atoms with van der Waals surface area (Å²) in [6.45, 7) is 3.49. The summed E-state index contributed by atoms with van der Waals surface area (Å²) in [5.74, 6) is -3.85. The molecule has 0 atom stereocenters. The Labute approximate surface area is 133 Å². The van der Waals surface area contributed by atoms with Crippen LogP contribution in [0.25, 0.3) is 16.0 Å². The molecule has 0 radical (unpaired) electrons. The monoisotopic (exact) mass is 340 g/mol. The predicted molar refractivity (Wildman–Crippen MR) is 79.1 cm³/mol. The third kappa shape index (κ3) is 2.59. The SMILES string of the molecule is CCOC(=O)c1cn2nc(C)c(-c3cc(F)cc(F)c3F)c2s1. The number of carbonyl (C=O) groups excluding carboxylic acids is 1. The quantitative estimate of drug-likeness (QED) is 0.535. The van der Waals surface area contributed by atoms with Gasteiger partial charge in [0.25, 0.3) is 0 Å². The smallest absolute Gasteiger partial charge is 0.349 e.